The molecule has 0 spiro atoms. The van der Waals surface area contributed by atoms with Gasteiger partial charge in [0.1, 0.15) is 0 Å². The van der Waals surface area contributed by atoms with Crippen LogP contribution in [0.4, 0.5) is 5.69 Å². The molecule has 0 radical (unpaired) electrons. The number of carbonyl (C=O) groups excluding carboxylic acids is 1. The van der Waals surface area contributed by atoms with Crippen molar-refractivity contribution >= 4 is 22.6 Å². The fourth-order valence-corrected chi connectivity index (χ4v) is 2.99. The standard InChI is InChI=1S/C16H22N4O3/c1-11(20-9-5-3-4-6-10-20)16(21)17-12-7-8-13(22-2)15-14(12)18-23-19-15/h7-8,11H,3-6,9-10H2,1-2H3,(H,17,21). The molecule has 3 rings (SSSR count). The van der Waals surface area contributed by atoms with Crippen molar-refractivity contribution in [2.24, 2.45) is 0 Å². The number of hydrogen-bond donors (Lipinski definition) is 1. The summed E-state index contributed by atoms with van der Waals surface area (Å²) >= 11 is 0. The number of nitrogens with one attached hydrogen (secondary N) is 1. The Balaban J connectivity index is 1.76. The molecule has 2 aromatic rings. The summed E-state index contributed by atoms with van der Waals surface area (Å²) in [6.45, 7) is 3.89. The fourth-order valence-electron chi connectivity index (χ4n) is 2.99. The Hall–Kier alpha value is -2.15. The quantitative estimate of drug-likeness (QED) is 0.932. The summed E-state index contributed by atoms with van der Waals surface area (Å²) in [7, 11) is 1.56. The van der Waals surface area contributed by atoms with E-state index in [1.54, 1.807) is 19.2 Å². The van der Waals surface area contributed by atoms with Crippen molar-refractivity contribution in [3.8, 4) is 5.75 Å². The molecule has 7 nitrogen and oxygen atoms in total. The number of aromatic nitrogens is 2. The number of hydrogen-bond acceptors (Lipinski definition) is 6. The maximum Gasteiger partial charge on any atom is 0.241 e. The van der Waals surface area contributed by atoms with Crippen LogP contribution in [0.1, 0.15) is 32.6 Å². The first-order valence-electron chi connectivity index (χ1n) is 8.05. The lowest BCUT2D eigenvalue weighted by atomic mass is 10.2. The molecule has 1 aliphatic rings. The molecule has 0 aliphatic carbocycles. The van der Waals surface area contributed by atoms with E-state index in [1.807, 2.05) is 6.92 Å². The molecule has 0 saturated carbocycles. The van der Waals surface area contributed by atoms with Crippen LogP contribution < -0.4 is 10.1 Å². The van der Waals surface area contributed by atoms with Crippen LogP contribution >= 0.6 is 0 Å². The van der Waals surface area contributed by atoms with Gasteiger partial charge in [0, 0.05) is 0 Å². The van der Waals surface area contributed by atoms with Gasteiger partial charge >= 0.3 is 0 Å². The molecule has 1 atom stereocenters. The molecule has 1 saturated heterocycles. The van der Waals surface area contributed by atoms with E-state index in [0.717, 1.165) is 25.9 Å². The molecule has 1 N–H and O–H groups in total. The molecule has 1 aromatic heterocycles. The molecule has 7 heteroatoms. The minimum Gasteiger partial charge on any atom is -0.494 e. The lowest BCUT2D eigenvalue weighted by Crippen LogP contribution is -2.42. The smallest absolute Gasteiger partial charge is 0.241 e. The van der Waals surface area contributed by atoms with Gasteiger partial charge in [-0.05, 0) is 55.3 Å². The van der Waals surface area contributed by atoms with E-state index in [2.05, 4.69) is 20.5 Å². The summed E-state index contributed by atoms with van der Waals surface area (Å²) in [5, 5.41) is 10.6. The molecule has 0 bridgehead atoms. The van der Waals surface area contributed by atoms with Crippen LogP contribution in [0.5, 0.6) is 5.75 Å². The molecule has 124 valence electrons. The highest BCUT2D eigenvalue weighted by atomic mass is 16.6. The van der Waals surface area contributed by atoms with Crippen LogP contribution in [-0.2, 0) is 4.79 Å². The average Bonchev–Trinajstić information content (AvgIpc) is 2.90. The minimum atomic E-state index is -0.176. The van der Waals surface area contributed by atoms with Crippen molar-refractivity contribution in [3.63, 3.8) is 0 Å². The van der Waals surface area contributed by atoms with Crippen molar-refractivity contribution in [3.05, 3.63) is 12.1 Å². The van der Waals surface area contributed by atoms with E-state index in [9.17, 15) is 4.79 Å². The van der Waals surface area contributed by atoms with Crippen molar-refractivity contribution in [2.45, 2.75) is 38.6 Å². The van der Waals surface area contributed by atoms with Gasteiger partial charge in [0.2, 0.25) is 5.91 Å². The number of rotatable bonds is 4. The van der Waals surface area contributed by atoms with Gasteiger partial charge in [0.25, 0.3) is 0 Å². The molecule has 23 heavy (non-hydrogen) atoms. The molecule has 1 aliphatic heterocycles. The third kappa shape index (κ3) is 3.29. The Morgan fingerprint density at radius 1 is 1.22 bits per heavy atom. The van der Waals surface area contributed by atoms with Crippen molar-refractivity contribution in [1.82, 2.24) is 15.2 Å². The predicted octanol–water partition coefficient (Wildman–Crippen LogP) is 2.43. The molecule has 1 fully saturated rings. The van der Waals surface area contributed by atoms with Crippen molar-refractivity contribution < 1.29 is 14.2 Å². The van der Waals surface area contributed by atoms with Gasteiger partial charge in [-0.2, -0.15) is 0 Å². The van der Waals surface area contributed by atoms with Crippen LogP contribution in [0, 0.1) is 0 Å². The van der Waals surface area contributed by atoms with Crippen LogP contribution in [0.25, 0.3) is 11.0 Å². The number of methoxy groups -OCH3 is 1. The van der Waals surface area contributed by atoms with E-state index < -0.39 is 0 Å². The SMILES string of the molecule is COc1ccc(NC(=O)C(C)N2CCCCCC2)c2nonc12. The second-order valence-corrected chi connectivity index (χ2v) is 5.89. The van der Waals surface area contributed by atoms with E-state index >= 15 is 0 Å². The number of anilines is 1. The Morgan fingerprint density at radius 3 is 2.61 bits per heavy atom. The Kier molecular flexibility index (Phi) is 4.76. The van der Waals surface area contributed by atoms with Crippen LogP contribution in [0.2, 0.25) is 0 Å². The van der Waals surface area contributed by atoms with Crippen molar-refractivity contribution in [1.29, 1.82) is 0 Å². The van der Waals surface area contributed by atoms with Gasteiger partial charge in [0.05, 0.1) is 18.8 Å². The summed E-state index contributed by atoms with van der Waals surface area (Å²) in [4.78, 5) is 14.8. The van der Waals surface area contributed by atoms with Crippen LogP contribution in [-0.4, -0.2) is 47.4 Å². The average molecular weight is 318 g/mol. The third-order valence-electron chi connectivity index (χ3n) is 4.42. The second-order valence-electron chi connectivity index (χ2n) is 5.89. The Morgan fingerprint density at radius 2 is 1.91 bits per heavy atom. The topological polar surface area (TPSA) is 80.5 Å². The maximum absolute atomic E-state index is 12.6. The third-order valence-corrected chi connectivity index (χ3v) is 4.42. The minimum absolute atomic E-state index is 0.0404. The van der Waals surface area contributed by atoms with E-state index in [1.165, 1.54) is 12.8 Å². The van der Waals surface area contributed by atoms with Gasteiger partial charge < -0.3 is 10.1 Å². The summed E-state index contributed by atoms with van der Waals surface area (Å²) in [6.07, 6.45) is 4.79. The molecular weight excluding hydrogens is 296 g/mol. The van der Waals surface area contributed by atoms with Crippen LogP contribution in [0.15, 0.2) is 16.8 Å². The number of amides is 1. The van der Waals surface area contributed by atoms with Gasteiger partial charge in [-0.15, -0.1) is 0 Å². The van der Waals surface area contributed by atoms with Gasteiger partial charge in [-0.3, -0.25) is 9.69 Å². The highest BCUT2D eigenvalue weighted by Gasteiger charge is 2.23. The number of likely N-dealkylation sites (tertiary alicyclic amines) is 1. The summed E-state index contributed by atoms with van der Waals surface area (Å²) in [5.41, 5.74) is 1.60. The van der Waals surface area contributed by atoms with Gasteiger partial charge in [0.15, 0.2) is 16.8 Å². The normalized spacial score (nSPS) is 17.7. The summed E-state index contributed by atoms with van der Waals surface area (Å²) < 4.78 is 10.0. The van der Waals surface area contributed by atoms with Crippen LogP contribution in [0.3, 0.4) is 0 Å². The predicted molar refractivity (Wildman–Crippen MR) is 86.5 cm³/mol. The fraction of sp³-hybridized carbons (Fsp3) is 0.562. The Bertz CT molecular complexity index is 677. The highest BCUT2D eigenvalue weighted by molar-refractivity contribution is 6.02. The molecule has 1 unspecified atom stereocenters. The van der Waals surface area contributed by atoms with E-state index in [0.29, 0.717) is 22.5 Å². The molecule has 2 heterocycles. The lowest BCUT2D eigenvalue weighted by Gasteiger charge is -2.26. The van der Waals surface area contributed by atoms with E-state index in [4.69, 9.17) is 9.37 Å². The highest BCUT2D eigenvalue weighted by Crippen LogP contribution is 2.29. The number of benzene rings is 1. The molecule has 1 amide bonds. The Labute approximate surface area is 134 Å². The first-order valence-corrected chi connectivity index (χ1v) is 8.05. The molecular formula is C16H22N4O3. The lowest BCUT2D eigenvalue weighted by molar-refractivity contribution is -0.120. The number of carbonyl (C=O) groups is 1. The monoisotopic (exact) mass is 318 g/mol. The maximum atomic E-state index is 12.6. The number of fused-ring (bicyclic) bond motifs is 1. The zero-order chi connectivity index (χ0) is 16.2. The van der Waals surface area contributed by atoms with Gasteiger partial charge in [-0.25, -0.2) is 4.63 Å². The zero-order valence-electron chi connectivity index (χ0n) is 13.5. The summed E-state index contributed by atoms with van der Waals surface area (Å²) in [5.74, 6) is 0.529. The van der Waals surface area contributed by atoms with Gasteiger partial charge in [-0.1, -0.05) is 12.8 Å². The van der Waals surface area contributed by atoms with Crippen molar-refractivity contribution in [2.75, 3.05) is 25.5 Å². The first kappa shape index (κ1) is 15.7. The first-order chi connectivity index (χ1) is 11.2. The second kappa shape index (κ2) is 6.95. The number of ether oxygens (including phenoxy) is 1. The zero-order valence-corrected chi connectivity index (χ0v) is 13.5. The largest absolute Gasteiger partial charge is 0.494 e. The molecule has 1 aromatic carbocycles. The number of nitrogens with zero attached hydrogens (tertiary/aromatic N) is 3. The van der Waals surface area contributed by atoms with E-state index in [-0.39, 0.29) is 11.9 Å². The summed E-state index contributed by atoms with van der Waals surface area (Å²) in [6, 6.07) is 3.34.